The molecule has 0 saturated carbocycles. The maximum Gasteiger partial charge on any atom is -0.00772 e. The van der Waals surface area contributed by atoms with E-state index in [1.807, 2.05) is 0 Å². The van der Waals surface area contributed by atoms with Gasteiger partial charge in [-0.1, -0.05) is 18.9 Å². The molecule has 0 aromatic rings. The van der Waals surface area contributed by atoms with E-state index in [0.29, 0.717) is 0 Å². The van der Waals surface area contributed by atoms with Gasteiger partial charge < -0.3 is 5.73 Å². The predicted molar refractivity (Wildman–Crippen MR) is 51.5 cm³/mol. The first-order valence-corrected chi connectivity index (χ1v) is 4.55. The highest BCUT2D eigenvalue weighted by molar-refractivity contribution is 4.89. The Kier molecular flexibility index (Phi) is 6.24. The van der Waals surface area contributed by atoms with Crippen molar-refractivity contribution >= 4 is 0 Å². The third-order valence-corrected chi connectivity index (χ3v) is 2.03. The maximum atomic E-state index is 5.44. The van der Waals surface area contributed by atoms with Crippen molar-refractivity contribution in [2.45, 2.75) is 39.5 Å². The van der Waals surface area contributed by atoms with Crippen LogP contribution >= 0.6 is 0 Å². The molecule has 0 radical (unpaired) electrons. The molecule has 1 nitrogen and oxygen atoms in total. The van der Waals surface area contributed by atoms with Crippen LogP contribution in [-0.4, -0.2) is 6.54 Å². The first kappa shape index (κ1) is 10.7. The quantitative estimate of drug-likeness (QED) is 0.586. The van der Waals surface area contributed by atoms with Gasteiger partial charge in [-0.2, -0.15) is 0 Å². The summed E-state index contributed by atoms with van der Waals surface area (Å²) in [5, 5.41) is 0. The molecule has 1 atom stereocenters. The topological polar surface area (TPSA) is 26.0 Å². The van der Waals surface area contributed by atoms with Gasteiger partial charge >= 0.3 is 0 Å². The Morgan fingerprint density at radius 2 is 2.18 bits per heavy atom. The van der Waals surface area contributed by atoms with Crippen LogP contribution in [0.25, 0.3) is 0 Å². The minimum absolute atomic E-state index is 0.816. The SMILES string of the molecule is C=C(C)CC(CC)CCCN. The summed E-state index contributed by atoms with van der Waals surface area (Å²) in [4.78, 5) is 0. The predicted octanol–water partition coefficient (Wildman–Crippen LogP) is 2.72. The molecule has 1 heteroatoms. The summed E-state index contributed by atoms with van der Waals surface area (Å²) in [6.45, 7) is 9.09. The lowest BCUT2D eigenvalue weighted by Gasteiger charge is -2.13. The van der Waals surface area contributed by atoms with E-state index in [2.05, 4.69) is 20.4 Å². The molecule has 0 saturated heterocycles. The standard InChI is InChI=1S/C10H21N/c1-4-10(6-5-7-11)8-9(2)3/h10H,2,4-8,11H2,1,3H3. The van der Waals surface area contributed by atoms with Gasteiger partial charge in [0.1, 0.15) is 0 Å². The smallest absolute Gasteiger partial charge is 0.00772 e. The summed E-state index contributed by atoms with van der Waals surface area (Å²) in [6, 6.07) is 0. The van der Waals surface area contributed by atoms with E-state index in [-0.39, 0.29) is 0 Å². The van der Waals surface area contributed by atoms with E-state index in [1.54, 1.807) is 0 Å². The van der Waals surface area contributed by atoms with Crippen molar-refractivity contribution in [2.75, 3.05) is 6.54 Å². The van der Waals surface area contributed by atoms with Gasteiger partial charge in [-0.15, -0.1) is 6.58 Å². The molecule has 1 unspecified atom stereocenters. The van der Waals surface area contributed by atoms with Crippen molar-refractivity contribution in [3.63, 3.8) is 0 Å². The lowest BCUT2D eigenvalue weighted by molar-refractivity contribution is 0.454. The molecule has 2 N–H and O–H groups in total. The summed E-state index contributed by atoms with van der Waals surface area (Å²) in [7, 11) is 0. The largest absolute Gasteiger partial charge is 0.330 e. The fourth-order valence-corrected chi connectivity index (χ4v) is 1.35. The molecule has 0 aliphatic carbocycles. The zero-order valence-electron chi connectivity index (χ0n) is 7.90. The van der Waals surface area contributed by atoms with Gasteiger partial charge in [-0.05, 0) is 38.6 Å². The van der Waals surface area contributed by atoms with E-state index < -0.39 is 0 Å². The third-order valence-electron chi connectivity index (χ3n) is 2.03. The molecule has 0 aromatic carbocycles. The van der Waals surface area contributed by atoms with Crippen LogP contribution in [0.5, 0.6) is 0 Å². The van der Waals surface area contributed by atoms with Crippen molar-refractivity contribution in [1.29, 1.82) is 0 Å². The van der Waals surface area contributed by atoms with Crippen LogP contribution in [0.4, 0.5) is 0 Å². The monoisotopic (exact) mass is 155 g/mol. The molecule has 0 heterocycles. The molecule has 0 bridgehead atoms. The number of hydrogen-bond acceptors (Lipinski definition) is 1. The van der Waals surface area contributed by atoms with E-state index in [4.69, 9.17) is 5.73 Å². The van der Waals surface area contributed by atoms with E-state index in [0.717, 1.165) is 18.9 Å². The van der Waals surface area contributed by atoms with Gasteiger partial charge in [0.25, 0.3) is 0 Å². The van der Waals surface area contributed by atoms with Gasteiger partial charge in [0.05, 0.1) is 0 Å². The molecule has 0 aliphatic rings. The molecule has 11 heavy (non-hydrogen) atoms. The second kappa shape index (κ2) is 6.41. The van der Waals surface area contributed by atoms with Crippen LogP contribution in [0.2, 0.25) is 0 Å². The van der Waals surface area contributed by atoms with Gasteiger partial charge in [0.15, 0.2) is 0 Å². The maximum absolute atomic E-state index is 5.44. The molecule has 0 fully saturated rings. The number of hydrogen-bond donors (Lipinski definition) is 1. The number of nitrogens with two attached hydrogens (primary N) is 1. The van der Waals surface area contributed by atoms with Crippen LogP contribution in [0.15, 0.2) is 12.2 Å². The van der Waals surface area contributed by atoms with Crippen LogP contribution in [0.3, 0.4) is 0 Å². The zero-order chi connectivity index (χ0) is 8.69. The molecule has 0 amide bonds. The minimum atomic E-state index is 0.816. The Balaban J connectivity index is 3.49. The third kappa shape index (κ3) is 6.11. The van der Waals surface area contributed by atoms with Crippen molar-refractivity contribution in [3.8, 4) is 0 Å². The van der Waals surface area contributed by atoms with Gasteiger partial charge in [0, 0.05) is 0 Å². The average molecular weight is 155 g/mol. The van der Waals surface area contributed by atoms with Crippen molar-refractivity contribution in [3.05, 3.63) is 12.2 Å². The summed E-state index contributed by atoms with van der Waals surface area (Å²) in [6.07, 6.45) is 4.86. The summed E-state index contributed by atoms with van der Waals surface area (Å²) < 4.78 is 0. The van der Waals surface area contributed by atoms with Crippen molar-refractivity contribution < 1.29 is 0 Å². The van der Waals surface area contributed by atoms with Crippen molar-refractivity contribution in [2.24, 2.45) is 11.7 Å². The minimum Gasteiger partial charge on any atom is -0.330 e. The first-order chi connectivity index (χ1) is 5.20. The summed E-state index contributed by atoms with van der Waals surface area (Å²) in [5.41, 5.74) is 6.74. The van der Waals surface area contributed by atoms with E-state index in [1.165, 1.54) is 24.8 Å². The Hall–Kier alpha value is -0.300. The lowest BCUT2D eigenvalue weighted by atomic mass is 9.94. The number of allylic oxidation sites excluding steroid dienone is 1. The van der Waals surface area contributed by atoms with Crippen LogP contribution in [-0.2, 0) is 0 Å². The Morgan fingerprint density at radius 3 is 2.55 bits per heavy atom. The second-order valence-corrected chi connectivity index (χ2v) is 3.37. The fraction of sp³-hybridized carbons (Fsp3) is 0.800. The molecular weight excluding hydrogens is 134 g/mol. The molecule has 0 aliphatic heterocycles. The Labute approximate surface area is 70.7 Å². The summed E-state index contributed by atoms with van der Waals surface area (Å²) >= 11 is 0. The van der Waals surface area contributed by atoms with Gasteiger partial charge in [-0.3, -0.25) is 0 Å². The average Bonchev–Trinajstić information content (AvgIpc) is 1.97. The van der Waals surface area contributed by atoms with Crippen LogP contribution in [0.1, 0.15) is 39.5 Å². The summed E-state index contributed by atoms with van der Waals surface area (Å²) in [5.74, 6) is 0.816. The number of rotatable bonds is 6. The van der Waals surface area contributed by atoms with E-state index in [9.17, 15) is 0 Å². The molecular formula is C10H21N. The van der Waals surface area contributed by atoms with Gasteiger partial charge in [0.2, 0.25) is 0 Å². The molecule has 0 spiro atoms. The zero-order valence-corrected chi connectivity index (χ0v) is 7.90. The van der Waals surface area contributed by atoms with Crippen molar-refractivity contribution in [1.82, 2.24) is 0 Å². The van der Waals surface area contributed by atoms with E-state index >= 15 is 0 Å². The highest BCUT2D eigenvalue weighted by atomic mass is 14.5. The second-order valence-electron chi connectivity index (χ2n) is 3.37. The molecule has 0 rings (SSSR count). The normalized spacial score (nSPS) is 13.0. The lowest BCUT2D eigenvalue weighted by Crippen LogP contribution is -2.04. The Morgan fingerprint density at radius 1 is 1.55 bits per heavy atom. The Bertz CT molecular complexity index is 107. The van der Waals surface area contributed by atoms with Crippen LogP contribution in [0, 0.1) is 5.92 Å². The fourth-order valence-electron chi connectivity index (χ4n) is 1.35. The van der Waals surface area contributed by atoms with Gasteiger partial charge in [-0.25, -0.2) is 0 Å². The highest BCUT2D eigenvalue weighted by Crippen LogP contribution is 2.18. The first-order valence-electron chi connectivity index (χ1n) is 4.55. The highest BCUT2D eigenvalue weighted by Gasteiger charge is 2.04. The van der Waals surface area contributed by atoms with Crippen LogP contribution < -0.4 is 5.73 Å². The molecule has 66 valence electrons. The molecule has 0 aromatic heterocycles.